The number of anilines is 3. The zero-order valence-electron chi connectivity index (χ0n) is 21.6. The van der Waals surface area contributed by atoms with Crippen LogP contribution >= 0.6 is 11.3 Å². The van der Waals surface area contributed by atoms with Gasteiger partial charge in [0.15, 0.2) is 5.13 Å². The molecular formula is C28H24N6O5S. The summed E-state index contributed by atoms with van der Waals surface area (Å²) in [4.78, 5) is 38.3. The van der Waals surface area contributed by atoms with Crippen LogP contribution in [0.5, 0.6) is 11.6 Å². The van der Waals surface area contributed by atoms with Crippen molar-refractivity contribution in [3.05, 3.63) is 65.4 Å². The van der Waals surface area contributed by atoms with Gasteiger partial charge in [-0.2, -0.15) is 5.26 Å². The Bertz CT molecular complexity index is 1650. The minimum Gasteiger partial charge on any atom is -0.496 e. The number of nitrogens with zero attached hydrogens (tertiary/aromatic N) is 4. The van der Waals surface area contributed by atoms with Gasteiger partial charge in [0.05, 0.1) is 78.8 Å². The standard InChI is InChI=1S/C28H24N6O5S/c1-37-22-8-7-20-25(40-28(33-20)34-17-9-18(34)14-39-13-17)24(22)27(36)32-21-12-30-23(38-2)10-19(21)26(35)31-16-5-3-15(11-29)4-6-16/h3-8,10,12,17-18H,9,13-14H2,1-2H3,(H,31,35)(H,32,36). The van der Waals surface area contributed by atoms with Gasteiger partial charge in [0.1, 0.15) is 11.3 Å². The van der Waals surface area contributed by atoms with Crippen molar-refractivity contribution in [2.24, 2.45) is 0 Å². The van der Waals surface area contributed by atoms with E-state index in [4.69, 9.17) is 24.5 Å². The number of nitrogens with one attached hydrogen (secondary N) is 2. The summed E-state index contributed by atoms with van der Waals surface area (Å²) >= 11 is 1.43. The van der Waals surface area contributed by atoms with E-state index in [2.05, 4.69) is 20.5 Å². The number of rotatable bonds is 7. The third kappa shape index (κ3) is 4.55. The Morgan fingerprint density at radius 1 is 1.07 bits per heavy atom. The number of nitriles is 1. The minimum absolute atomic E-state index is 0.147. The van der Waals surface area contributed by atoms with Gasteiger partial charge in [-0.25, -0.2) is 9.97 Å². The van der Waals surface area contributed by atoms with Gasteiger partial charge in [-0.05, 0) is 42.8 Å². The van der Waals surface area contributed by atoms with Crippen molar-refractivity contribution >= 4 is 49.9 Å². The van der Waals surface area contributed by atoms with Crippen LogP contribution in [0.4, 0.5) is 16.5 Å². The number of morpholine rings is 1. The normalized spacial score (nSPS) is 17.5. The third-order valence-electron chi connectivity index (χ3n) is 6.98. The number of ether oxygens (including phenoxy) is 3. The monoisotopic (exact) mass is 556 g/mol. The van der Waals surface area contributed by atoms with Gasteiger partial charge < -0.3 is 29.7 Å². The molecule has 2 bridgehead atoms. The molecule has 11 nitrogen and oxygen atoms in total. The maximum Gasteiger partial charge on any atom is 0.261 e. The molecule has 4 aromatic rings. The van der Waals surface area contributed by atoms with Crippen LogP contribution in [-0.2, 0) is 4.74 Å². The molecule has 2 N–H and O–H groups in total. The van der Waals surface area contributed by atoms with E-state index < -0.39 is 11.8 Å². The fourth-order valence-corrected chi connectivity index (χ4v) is 6.20. The smallest absolute Gasteiger partial charge is 0.261 e. The summed E-state index contributed by atoms with van der Waals surface area (Å²) in [5.41, 5.74) is 2.30. The van der Waals surface area contributed by atoms with Crippen LogP contribution in [0.25, 0.3) is 10.2 Å². The Hall–Kier alpha value is -4.73. The van der Waals surface area contributed by atoms with E-state index >= 15 is 0 Å². The molecule has 6 rings (SSSR count). The molecule has 2 saturated heterocycles. The predicted octanol–water partition coefficient (Wildman–Crippen LogP) is 4.06. The number of hydrogen-bond donors (Lipinski definition) is 2. The quantitative estimate of drug-likeness (QED) is 0.345. The molecule has 2 aliphatic rings. The van der Waals surface area contributed by atoms with Crippen LogP contribution < -0.4 is 25.0 Å². The van der Waals surface area contributed by atoms with Crippen LogP contribution in [0.15, 0.2) is 48.7 Å². The summed E-state index contributed by atoms with van der Waals surface area (Å²) in [6.07, 6.45) is 2.45. The number of carbonyl (C=O) groups is 2. The summed E-state index contributed by atoms with van der Waals surface area (Å²) in [7, 11) is 2.94. The maximum atomic E-state index is 13.8. The molecule has 4 heterocycles. The highest BCUT2D eigenvalue weighted by atomic mass is 32.1. The Morgan fingerprint density at radius 3 is 2.52 bits per heavy atom. The van der Waals surface area contributed by atoms with Gasteiger partial charge in [0.25, 0.3) is 11.8 Å². The molecule has 2 atom stereocenters. The molecule has 2 aromatic heterocycles. The van der Waals surface area contributed by atoms with Crippen LogP contribution in [0, 0.1) is 11.3 Å². The molecule has 40 heavy (non-hydrogen) atoms. The first-order valence-corrected chi connectivity index (χ1v) is 13.3. The Balaban J connectivity index is 1.32. The van der Waals surface area contributed by atoms with E-state index in [9.17, 15) is 9.59 Å². The molecule has 12 heteroatoms. The third-order valence-corrected chi connectivity index (χ3v) is 8.08. The van der Waals surface area contributed by atoms with Crippen LogP contribution in [0.3, 0.4) is 0 Å². The number of carbonyl (C=O) groups excluding carboxylic acids is 2. The second-order valence-electron chi connectivity index (χ2n) is 9.35. The van der Waals surface area contributed by atoms with Crippen molar-refractivity contribution in [2.75, 3.05) is 43.0 Å². The second kappa shape index (κ2) is 10.4. The summed E-state index contributed by atoms with van der Waals surface area (Å²) < 4.78 is 17.1. The first kappa shape index (κ1) is 25.5. The van der Waals surface area contributed by atoms with Gasteiger partial charge in [-0.1, -0.05) is 11.3 Å². The number of aromatic nitrogens is 2. The van der Waals surface area contributed by atoms with Crippen molar-refractivity contribution in [3.8, 4) is 17.7 Å². The summed E-state index contributed by atoms with van der Waals surface area (Å²) in [5, 5.41) is 15.5. The van der Waals surface area contributed by atoms with Crippen molar-refractivity contribution in [1.29, 1.82) is 5.26 Å². The second-order valence-corrected chi connectivity index (χ2v) is 10.3. The lowest BCUT2D eigenvalue weighted by Crippen LogP contribution is -2.64. The molecule has 202 valence electrons. The fourth-order valence-electron chi connectivity index (χ4n) is 4.95. The zero-order chi connectivity index (χ0) is 27.8. The van der Waals surface area contributed by atoms with E-state index in [0.29, 0.717) is 58.1 Å². The highest BCUT2D eigenvalue weighted by molar-refractivity contribution is 7.22. The summed E-state index contributed by atoms with van der Waals surface area (Å²) in [6, 6.07) is 14.1. The van der Waals surface area contributed by atoms with Crippen LogP contribution in [0.1, 0.15) is 32.7 Å². The molecule has 2 aliphatic heterocycles. The molecule has 0 aliphatic carbocycles. The van der Waals surface area contributed by atoms with Gasteiger partial charge in [-0.3, -0.25) is 9.59 Å². The van der Waals surface area contributed by atoms with Crippen molar-refractivity contribution in [3.63, 3.8) is 0 Å². The first-order chi connectivity index (χ1) is 19.5. The SMILES string of the molecule is COc1cc(C(=O)Nc2ccc(C#N)cc2)c(NC(=O)c2c(OC)ccc3nc(N4C5COCC4C5)sc23)cn1. The molecule has 2 aromatic carbocycles. The predicted molar refractivity (Wildman–Crippen MR) is 150 cm³/mol. The van der Waals surface area contributed by atoms with Gasteiger partial charge in [0.2, 0.25) is 5.88 Å². The lowest BCUT2D eigenvalue weighted by atomic mass is 9.92. The summed E-state index contributed by atoms with van der Waals surface area (Å²) in [5.74, 6) is -0.363. The highest BCUT2D eigenvalue weighted by Crippen LogP contribution is 2.42. The Labute approximate surface area is 233 Å². The van der Waals surface area contributed by atoms with Gasteiger partial charge in [0, 0.05) is 11.8 Å². The summed E-state index contributed by atoms with van der Waals surface area (Å²) in [6.45, 7) is 1.34. The Morgan fingerprint density at radius 2 is 1.85 bits per heavy atom. The zero-order valence-corrected chi connectivity index (χ0v) is 22.4. The molecule has 2 amide bonds. The first-order valence-electron chi connectivity index (χ1n) is 12.5. The number of fused-ring (bicyclic) bond motifs is 3. The van der Waals surface area contributed by atoms with Crippen molar-refractivity contribution in [2.45, 2.75) is 18.5 Å². The van der Waals surface area contributed by atoms with E-state index in [1.54, 1.807) is 30.3 Å². The van der Waals surface area contributed by atoms with E-state index in [1.807, 2.05) is 12.1 Å². The lowest BCUT2D eigenvalue weighted by molar-refractivity contribution is 0.0103. The number of amides is 2. The number of hydrogen-bond acceptors (Lipinski definition) is 10. The highest BCUT2D eigenvalue weighted by Gasteiger charge is 2.44. The molecule has 2 unspecified atom stereocenters. The lowest BCUT2D eigenvalue weighted by Gasteiger charge is -2.52. The Kier molecular flexibility index (Phi) is 6.67. The number of thiazole rings is 1. The molecular weight excluding hydrogens is 532 g/mol. The molecule has 0 saturated carbocycles. The van der Waals surface area contributed by atoms with E-state index in [-0.39, 0.29) is 17.1 Å². The topological polar surface area (TPSA) is 139 Å². The van der Waals surface area contributed by atoms with Gasteiger partial charge in [-0.15, -0.1) is 0 Å². The van der Waals surface area contributed by atoms with E-state index in [0.717, 1.165) is 11.6 Å². The average Bonchev–Trinajstić information content (AvgIpc) is 3.40. The molecule has 2 fully saturated rings. The fraction of sp³-hybridized carbons (Fsp3) is 0.250. The largest absolute Gasteiger partial charge is 0.496 e. The van der Waals surface area contributed by atoms with Crippen LogP contribution in [0.2, 0.25) is 0 Å². The number of methoxy groups -OCH3 is 2. The number of benzene rings is 2. The average molecular weight is 557 g/mol. The minimum atomic E-state index is -0.488. The maximum absolute atomic E-state index is 13.8. The van der Waals surface area contributed by atoms with Gasteiger partial charge >= 0.3 is 0 Å². The van der Waals surface area contributed by atoms with Crippen molar-refractivity contribution < 1.29 is 23.8 Å². The molecule has 0 radical (unpaired) electrons. The van der Waals surface area contributed by atoms with Crippen LogP contribution in [-0.4, -0.2) is 61.3 Å². The molecule has 0 spiro atoms. The van der Waals surface area contributed by atoms with Crippen molar-refractivity contribution in [1.82, 2.24) is 9.97 Å². The van der Waals surface area contributed by atoms with E-state index in [1.165, 1.54) is 37.8 Å². The number of pyridine rings is 1.